The third-order valence-electron chi connectivity index (χ3n) is 4.89. The van der Waals surface area contributed by atoms with E-state index in [1.807, 2.05) is 17.4 Å². The van der Waals surface area contributed by atoms with E-state index >= 15 is 0 Å². The van der Waals surface area contributed by atoms with E-state index in [4.69, 9.17) is 14.2 Å². The average molecular weight is 387 g/mol. The van der Waals surface area contributed by atoms with Crippen molar-refractivity contribution in [2.75, 3.05) is 58.5 Å². The number of rotatable bonds is 7. The molecule has 1 N–H and O–H groups in total. The Morgan fingerprint density at radius 1 is 1.27 bits per heavy atom. The standard InChI is InChI=1S/C18H28FN2O4S/c1-20(6-3-9-23-2)26(22)17-13-15(19)12-16(14-17)21-7-4-18(5-8-21)24-10-11-25-18/h12-14,22H,3-11H2,1-2H3/q+1. The summed E-state index contributed by atoms with van der Waals surface area (Å²) in [7, 11) is 3.49. The van der Waals surface area contributed by atoms with Crippen LogP contribution in [0.3, 0.4) is 0 Å². The second-order valence-electron chi connectivity index (χ2n) is 6.70. The molecular weight excluding hydrogens is 359 g/mol. The van der Waals surface area contributed by atoms with E-state index in [0.29, 0.717) is 31.3 Å². The maximum atomic E-state index is 14.2. The molecule has 1 atom stereocenters. The van der Waals surface area contributed by atoms with Gasteiger partial charge in [0.25, 0.3) is 11.4 Å². The second-order valence-corrected chi connectivity index (χ2v) is 8.33. The molecule has 0 amide bonds. The molecule has 1 spiro atoms. The van der Waals surface area contributed by atoms with Crippen LogP contribution >= 0.6 is 0 Å². The van der Waals surface area contributed by atoms with Crippen LogP contribution in [0, 0.1) is 5.82 Å². The largest absolute Gasteiger partial charge is 0.385 e. The molecule has 2 aliphatic rings. The Morgan fingerprint density at radius 3 is 2.62 bits per heavy atom. The van der Waals surface area contributed by atoms with E-state index in [0.717, 1.165) is 38.0 Å². The average Bonchev–Trinajstić information content (AvgIpc) is 3.09. The summed E-state index contributed by atoms with van der Waals surface area (Å²) in [5, 5.41) is 0. The number of benzene rings is 1. The van der Waals surface area contributed by atoms with Crippen molar-refractivity contribution in [3.8, 4) is 0 Å². The zero-order valence-electron chi connectivity index (χ0n) is 15.4. The topological polar surface area (TPSA) is 54.4 Å². The predicted octanol–water partition coefficient (Wildman–Crippen LogP) is 2.50. The zero-order valence-corrected chi connectivity index (χ0v) is 16.3. The van der Waals surface area contributed by atoms with Crippen molar-refractivity contribution < 1.29 is 23.2 Å². The summed E-state index contributed by atoms with van der Waals surface area (Å²) >= 11 is -1.15. The number of hydrogen-bond donors (Lipinski definition) is 1. The van der Waals surface area contributed by atoms with Crippen molar-refractivity contribution in [3.63, 3.8) is 0 Å². The van der Waals surface area contributed by atoms with Crippen molar-refractivity contribution in [2.24, 2.45) is 0 Å². The smallest absolute Gasteiger partial charge is 0.277 e. The van der Waals surface area contributed by atoms with E-state index in [2.05, 4.69) is 4.90 Å². The molecule has 0 aliphatic carbocycles. The molecule has 26 heavy (non-hydrogen) atoms. The molecule has 8 heteroatoms. The molecule has 1 aromatic carbocycles. The van der Waals surface area contributed by atoms with Crippen molar-refractivity contribution in [1.82, 2.24) is 4.31 Å². The normalized spacial score (nSPS) is 20.9. The van der Waals surface area contributed by atoms with Crippen LogP contribution in [0.4, 0.5) is 10.1 Å². The molecule has 0 saturated carbocycles. The van der Waals surface area contributed by atoms with Gasteiger partial charge in [0.15, 0.2) is 5.79 Å². The fraction of sp³-hybridized carbons (Fsp3) is 0.667. The number of piperidine rings is 1. The van der Waals surface area contributed by atoms with Crippen molar-refractivity contribution >= 4 is 17.0 Å². The predicted molar refractivity (Wildman–Crippen MR) is 99.9 cm³/mol. The summed E-state index contributed by atoms with van der Waals surface area (Å²) in [6.45, 7) is 4.09. The van der Waals surface area contributed by atoms with Crippen LogP contribution in [-0.2, 0) is 25.6 Å². The van der Waals surface area contributed by atoms with Gasteiger partial charge in [0.2, 0.25) is 4.90 Å². The summed E-state index contributed by atoms with van der Waals surface area (Å²) < 4.78 is 43.1. The first-order valence-corrected chi connectivity index (χ1v) is 10.1. The lowest BCUT2D eigenvalue weighted by atomic mass is 10.0. The van der Waals surface area contributed by atoms with Crippen molar-refractivity contribution in [1.29, 1.82) is 0 Å². The highest BCUT2D eigenvalue weighted by molar-refractivity contribution is 7.89. The van der Waals surface area contributed by atoms with E-state index in [-0.39, 0.29) is 5.82 Å². The number of hydrogen-bond acceptors (Lipinski definition) is 6. The minimum atomic E-state index is -1.15. The third kappa shape index (κ3) is 4.68. The lowest BCUT2D eigenvalue weighted by Gasteiger charge is -2.38. The Labute approximate surface area is 157 Å². The van der Waals surface area contributed by atoms with E-state index in [1.165, 1.54) is 12.1 Å². The first-order valence-electron chi connectivity index (χ1n) is 9.00. The number of nitrogens with zero attached hydrogens (tertiary/aromatic N) is 2. The number of halogens is 1. The minimum absolute atomic E-state index is 0.331. The Bertz CT molecular complexity index is 591. The highest BCUT2D eigenvalue weighted by Crippen LogP contribution is 2.34. The van der Waals surface area contributed by atoms with E-state index in [1.54, 1.807) is 7.11 Å². The molecule has 0 aromatic heterocycles. The van der Waals surface area contributed by atoms with Crippen LogP contribution in [0.5, 0.6) is 0 Å². The highest BCUT2D eigenvalue weighted by atomic mass is 32.2. The van der Waals surface area contributed by atoms with Gasteiger partial charge in [-0.1, -0.05) is 4.31 Å². The van der Waals surface area contributed by atoms with Crippen LogP contribution in [0.2, 0.25) is 0 Å². The minimum Gasteiger partial charge on any atom is -0.385 e. The molecule has 2 saturated heterocycles. The van der Waals surface area contributed by atoms with Crippen molar-refractivity contribution in [3.05, 3.63) is 24.0 Å². The molecule has 0 radical (unpaired) electrons. The lowest BCUT2D eigenvalue weighted by Crippen LogP contribution is -2.45. The summed E-state index contributed by atoms with van der Waals surface area (Å²) in [5.41, 5.74) is 0.796. The fourth-order valence-electron chi connectivity index (χ4n) is 3.43. The maximum Gasteiger partial charge on any atom is 0.277 e. The fourth-order valence-corrected chi connectivity index (χ4v) is 4.53. The van der Waals surface area contributed by atoms with Gasteiger partial charge in [-0.2, -0.15) is 4.55 Å². The van der Waals surface area contributed by atoms with Gasteiger partial charge in [-0.25, -0.2) is 4.39 Å². The van der Waals surface area contributed by atoms with Gasteiger partial charge in [-0.3, -0.25) is 0 Å². The molecule has 2 aliphatic heterocycles. The Kier molecular flexibility index (Phi) is 6.76. The first-order chi connectivity index (χ1) is 12.5. The second kappa shape index (κ2) is 8.86. The third-order valence-corrected chi connectivity index (χ3v) is 6.32. The number of ether oxygens (including phenoxy) is 3. The van der Waals surface area contributed by atoms with Gasteiger partial charge < -0.3 is 19.1 Å². The van der Waals surface area contributed by atoms with E-state index in [9.17, 15) is 8.94 Å². The molecule has 6 nitrogen and oxygen atoms in total. The SMILES string of the molecule is COCCCN(C)[S+](O)c1cc(F)cc(N2CCC3(CC2)OCCO3)c1. The summed E-state index contributed by atoms with van der Waals surface area (Å²) in [6.07, 6.45) is 2.34. The van der Waals surface area contributed by atoms with Gasteiger partial charge in [0.05, 0.1) is 13.2 Å². The quantitative estimate of drug-likeness (QED) is 0.573. The van der Waals surface area contributed by atoms with Crippen LogP contribution in [0.1, 0.15) is 19.3 Å². The van der Waals surface area contributed by atoms with Crippen LogP contribution in [-0.4, -0.2) is 68.3 Å². The van der Waals surface area contributed by atoms with Gasteiger partial charge in [-0.15, -0.1) is 0 Å². The van der Waals surface area contributed by atoms with Gasteiger partial charge in [-0.05, 0) is 12.5 Å². The molecule has 1 unspecified atom stereocenters. The van der Waals surface area contributed by atoms with Crippen LogP contribution in [0.25, 0.3) is 0 Å². The van der Waals surface area contributed by atoms with Gasteiger partial charge in [0.1, 0.15) is 5.82 Å². The summed E-state index contributed by atoms with van der Waals surface area (Å²) in [6, 6.07) is 4.82. The molecule has 2 fully saturated rings. The molecule has 3 rings (SSSR count). The Morgan fingerprint density at radius 2 is 1.96 bits per heavy atom. The zero-order chi connectivity index (χ0) is 18.6. The molecule has 1 aromatic rings. The van der Waals surface area contributed by atoms with E-state index < -0.39 is 17.1 Å². The van der Waals surface area contributed by atoms with Crippen LogP contribution in [0.15, 0.2) is 23.1 Å². The van der Waals surface area contributed by atoms with Gasteiger partial charge in [0, 0.05) is 71.1 Å². The summed E-state index contributed by atoms with van der Waals surface area (Å²) in [5.74, 6) is -0.779. The van der Waals surface area contributed by atoms with Crippen LogP contribution < -0.4 is 4.90 Å². The molecule has 2 heterocycles. The number of methoxy groups -OCH3 is 1. The molecule has 146 valence electrons. The Hall–Kier alpha value is -0.900. The first kappa shape index (κ1) is 19.9. The highest BCUT2D eigenvalue weighted by Gasteiger charge is 2.40. The molecule has 0 bridgehead atoms. The Balaban J connectivity index is 1.65. The van der Waals surface area contributed by atoms with Crippen molar-refractivity contribution in [2.45, 2.75) is 29.9 Å². The number of anilines is 1. The monoisotopic (exact) mass is 387 g/mol. The summed E-state index contributed by atoms with van der Waals surface area (Å²) in [4.78, 5) is 2.72. The maximum absolute atomic E-state index is 14.2. The molecular formula is C18H28FN2O4S+. The van der Waals surface area contributed by atoms with Gasteiger partial charge >= 0.3 is 0 Å². The lowest BCUT2D eigenvalue weighted by molar-refractivity contribution is -0.169.